The van der Waals surface area contributed by atoms with Gasteiger partial charge >= 0.3 is 5.97 Å². The molecule has 3 rings (SSSR count). The van der Waals surface area contributed by atoms with Crippen molar-refractivity contribution in [3.05, 3.63) is 66.5 Å². The Labute approximate surface area is 122 Å². The fraction of sp³-hybridized carbons (Fsp3) is 0.111. The van der Waals surface area contributed by atoms with E-state index >= 15 is 0 Å². The molecule has 1 heterocycles. The van der Waals surface area contributed by atoms with Crippen LogP contribution in [0.15, 0.2) is 60.9 Å². The Morgan fingerprint density at radius 3 is 2.71 bits per heavy atom. The van der Waals surface area contributed by atoms with Crippen molar-refractivity contribution in [2.75, 3.05) is 0 Å². The number of fused-ring (bicyclic) bond motifs is 1. The van der Waals surface area contributed by atoms with E-state index in [1.165, 1.54) is 0 Å². The first-order valence-electron chi connectivity index (χ1n) is 6.87. The quantitative estimate of drug-likeness (QED) is 0.786. The van der Waals surface area contributed by atoms with E-state index in [0.29, 0.717) is 6.42 Å². The highest BCUT2D eigenvalue weighted by Gasteiger charge is 2.03. The average Bonchev–Trinajstić information content (AvgIpc) is 2.53. The lowest BCUT2D eigenvalue weighted by Crippen LogP contribution is -1.97. The second kappa shape index (κ2) is 5.75. The van der Waals surface area contributed by atoms with Gasteiger partial charge in [-0.2, -0.15) is 0 Å². The molecule has 0 saturated carbocycles. The summed E-state index contributed by atoms with van der Waals surface area (Å²) in [6.07, 6.45) is 4.35. The van der Waals surface area contributed by atoms with Crippen LogP contribution in [-0.4, -0.2) is 16.1 Å². The van der Waals surface area contributed by atoms with Crippen LogP contribution in [0.5, 0.6) is 0 Å². The highest BCUT2D eigenvalue weighted by Crippen LogP contribution is 2.25. The molecule has 0 aliphatic heterocycles. The third-order valence-electron chi connectivity index (χ3n) is 3.53. The van der Waals surface area contributed by atoms with E-state index in [1.54, 1.807) is 6.20 Å². The highest BCUT2D eigenvalue weighted by molar-refractivity contribution is 5.86. The van der Waals surface area contributed by atoms with Gasteiger partial charge in [0.25, 0.3) is 0 Å². The van der Waals surface area contributed by atoms with Gasteiger partial charge in [0.2, 0.25) is 0 Å². The maximum absolute atomic E-state index is 10.7. The Kier molecular flexibility index (Phi) is 3.65. The molecule has 0 bridgehead atoms. The number of carbonyl (C=O) groups is 1. The smallest absolute Gasteiger partial charge is 0.303 e. The lowest BCUT2D eigenvalue weighted by molar-refractivity contribution is -0.136. The molecule has 1 N–H and O–H groups in total. The van der Waals surface area contributed by atoms with Crippen LogP contribution in [-0.2, 0) is 11.2 Å². The molecule has 0 unspecified atom stereocenters. The van der Waals surface area contributed by atoms with Crippen LogP contribution in [0.4, 0.5) is 0 Å². The summed E-state index contributed by atoms with van der Waals surface area (Å²) < 4.78 is 0. The largest absolute Gasteiger partial charge is 0.481 e. The second-order valence-electron chi connectivity index (χ2n) is 5.03. The average molecular weight is 277 g/mol. The third kappa shape index (κ3) is 3.08. The lowest BCUT2D eigenvalue weighted by Gasteiger charge is -2.06. The number of aromatic nitrogens is 1. The monoisotopic (exact) mass is 277 g/mol. The van der Waals surface area contributed by atoms with Crippen LogP contribution < -0.4 is 0 Å². The van der Waals surface area contributed by atoms with Crippen molar-refractivity contribution in [1.82, 2.24) is 4.98 Å². The number of pyridine rings is 1. The van der Waals surface area contributed by atoms with Crippen LogP contribution in [0.25, 0.3) is 21.9 Å². The summed E-state index contributed by atoms with van der Waals surface area (Å²) in [7, 11) is 0. The Hall–Kier alpha value is -2.68. The molecule has 3 aromatic rings. The van der Waals surface area contributed by atoms with Gasteiger partial charge < -0.3 is 5.11 Å². The number of hydrogen-bond acceptors (Lipinski definition) is 2. The fourth-order valence-corrected chi connectivity index (χ4v) is 2.42. The van der Waals surface area contributed by atoms with E-state index in [-0.39, 0.29) is 6.42 Å². The zero-order valence-corrected chi connectivity index (χ0v) is 11.5. The Morgan fingerprint density at radius 2 is 1.86 bits per heavy atom. The number of rotatable bonds is 4. The predicted molar refractivity (Wildman–Crippen MR) is 83.1 cm³/mol. The third-order valence-corrected chi connectivity index (χ3v) is 3.53. The first kappa shape index (κ1) is 13.3. The van der Waals surface area contributed by atoms with Gasteiger partial charge in [0.15, 0.2) is 0 Å². The van der Waals surface area contributed by atoms with E-state index in [2.05, 4.69) is 29.2 Å². The Morgan fingerprint density at radius 1 is 1.00 bits per heavy atom. The molecule has 3 heteroatoms. The molecule has 3 nitrogen and oxygen atoms in total. The minimum Gasteiger partial charge on any atom is -0.481 e. The first-order valence-corrected chi connectivity index (χ1v) is 6.87. The summed E-state index contributed by atoms with van der Waals surface area (Å²) in [5.74, 6) is -0.765. The molecule has 0 amide bonds. The van der Waals surface area contributed by atoms with Crippen LogP contribution >= 0.6 is 0 Å². The molecule has 0 saturated heterocycles. The molecule has 21 heavy (non-hydrogen) atoms. The number of aryl methyl sites for hydroxylation is 1. The minimum absolute atomic E-state index is 0.160. The number of nitrogens with zero attached hydrogens (tertiary/aromatic N) is 1. The molecule has 0 spiro atoms. The second-order valence-corrected chi connectivity index (χ2v) is 5.03. The molecular weight excluding hydrogens is 262 g/mol. The minimum atomic E-state index is -0.765. The highest BCUT2D eigenvalue weighted by atomic mass is 16.4. The summed E-state index contributed by atoms with van der Waals surface area (Å²) >= 11 is 0. The molecule has 1 aromatic heterocycles. The van der Waals surface area contributed by atoms with E-state index < -0.39 is 5.97 Å². The van der Waals surface area contributed by atoms with Gasteiger partial charge in [0.1, 0.15) is 0 Å². The van der Waals surface area contributed by atoms with Gasteiger partial charge in [-0.3, -0.25) is 9.78 Å². The molecule has 2 aromatic carbocycles. The van der Waals surface area contributed by atoms with E-state index in [9.17, 15) is 4.79 Å². The van der Waals surface area contributed by atoms with Crippen LogP contribution in [0, 0.1) is 0 Å². The number of benzene rings is 2. The Bertz CT molecular complexity index is 796. The van der Waals surface area contributed by atoms with Crippen LogP contribution in [0.1, 0.15) is 12.0 Å². The lowest BCUT2D eigenvalue weighted by atomic mass is 9.99. The van der Waals surface area contributed by atoms with Crippen molar-refractivity contribution in [3.8, 4) is 11.1 Å². The molecule has 104 valence electrons. The summed E-state index contributed by atoms with van der Waals surface area (Å²) in [5, 5.41) is 11.0. The van der Waals surface area contributed by atoms with Gasteiger partial charge in [0, 0.05) is 24.2 Å². The zero-order valence-electron chi connectivity index (χ0n) is 11.5. The zero-order chi connectivity index (χ0) is 14.7. The van der Waals surface area contributed by atoms with E-state index in [4.69, 9.17) is 5.11 Å². The predicted octanol–water partition coefficient (Wildman–Crippen LogP) is 3.92. The maximum Gasteiger partial charge on any atom is 0.303 e. The van der Waals surface area contributed by atoms with Crippen LogP contribution in [0.3, 0.4) is 0 Å². The van der Waals surface area contributed by atoms with Gasteiger partial charge in [-0.25, -0.2) is 0 Å². The summed E-state index contributed by atoms with van der Waals surface area (Å²) in [5.41, 5.74) is 3.28. The number of carboxylic acid groups (broad SMARTS) is 1. The Balaban J connectivity index is 1.94. The molecule has 0 aliphatic carbocycles. The normalized spacial score (nSPS) is 10.7. The summed E-state index contributed by atoms with van der Waals surface area (Å²) in [6, 6.07) is 16.3. The first-order chi connectivity index (χ1) is 10.2. The van der Waals surface area contributed by atoms with Gasteiger partial charge in [-0.05, 0) is 40.6 Å². The molecule has 0 atom stereocenters. The number of hydrogen-bond donors (Lipinski definition) is 1. The molecular formula is C18H15NO2. The maximum atomic E-state index is 10.7. The summed E-state index contributed by atoms with van der Waals surface area (Å²) in [4.78, 5) is 14.8. The SMILES string of the molecule is O=C(O)CCc1cccc(-c2ccc3cnccc3c2)c1. The van der Waals surface area contributed by atoms with Crippen molar-refractivity contribution < 1.29 is 9.90 Å². The van der Waals surface area contributed by atoms with Crippen molar-refractivity contribution in [1.29, 1.82) is 0 Å². The van der Waals surface area contributed by atoms with Crippen molar-refractivity contribution in [2.24, 2.45) is 0 Å². The topological polar surface area (TPSA) is 50.2 Å². The van der Waals surface area contributed by atoms with Crippen molar-refractivity contribution in [2.45, 2.75) is 12.8 Å². The number of carboxylic acids is 1. The van der Waals surface area contributed by atoms with Gasteiger partial charge in [-0.1, -0.05) is 36.4 Å². The molecule has 0 fully saturated rings. The fourth-order valence-electron chi connectivity index (χ4n) is 2.42. The standard InChI is InChI=1S/C18H15NO2/c20-18(21)7-4-13-2-1-3-14(10-13)15-5-6-17-12-19-9-8-16(17)11-15/h1-3,5-6,8-12H,4,7H2,(H,20,21). The van der Waals surface area contributed by atoms with Crippen molar-refractivity contribution >= 4 is 16.7 Å². The van der Waals surface area contributed by atoms with E-state index in [1.807, 2.05) is 30.5 Å². The molecule has 0 radical (unpaired) electrons. The molecule has 0 aliphatic rings. The summed E-state index contributed by atoms with van der Waals surface area (Å²) in [6.45, 7) is 0. The van der Waals surface area contributed by atoms with Gasteiger partial charge in [-0.15, -0.1) is 0 Å². The van der Waals surface area contributed by atoms with Crippen LogP contribution in [0.2, 0.25) is 0 Å². The van der Waals surface area contributed by atoms with Gasteiger partial charge in [0.05, 0.1) is 0 Å². The van der Waals surface area contributed by atoms with E-state index in [0.717, 1.165) is 27.5 Å². The number of aliphatic carboxylic acids is 1. The van der Waals surface area contributed by atoms with Crippen molar-refractivity contribution in [3.63, 3.8) is 0 Å².